The molecule has 2 fully saturated rings. The maximum absolute atomic E-state index is 5.53. The molecule has 2 atom stereocenters. The largest absolute Gasteiger partial charge is 0.330 e. The lowest BCUT2D eigenvalue weighted by atomic mass is 9.90. The average molecular weight is 235 g/mol. The normalized spacial score (nSPS) is 33.2. The Hall–Kier alpha value is -0.940. The lowest BCUT2D eigenvalue weighted by molar-refractivity contribution is 0.159. The molecule has 5 heteroatoms. The van der Waals surface area contributed by atoms with Crippen molar-refractivity contribution < 1.29 is 0 Å². The molecule has 2 saturated heterocycles. The van der Waals surface area contributed by atoms with Crippen LogP contribution in [0.2, 0.25) is 0 Å². The Kier molecular flexibility index (Phi) is 2.88. The molecule has 17 heavy (non-hydrogen) atoms. The van der Waals surface area contributed by atoms with E-state index in [1.807, 2.05) is 0 Å². The summed E-state index contributed by atoms with van der Waals surface area (Å²) >= 11 is 0. The van der Waals surface area contributed by atoms with Gasteiger partial charge in [0.25, 0.3) is 0 Å². The number of nitrogens with two attached hydrogens (primary N) is 1. The number of nitrogens with one attached hydrogen (secondary N) is 1. The highest BCUT2D eigenvalue weighted by atomic mass is 15.2. The number of nitrogens with zero attached hydrogens (tertiary/aromatic N) is 3. The van der Waals surface area contributed by atoms with Crippen LogP contribution in [0.25, 0.3) is 0 Å². The van der Waals surface area contributed by atoms with Crippen molar-refractivity contribution in [2.75, 3.05) is 13.6 Å². The minimum atomic E-state index is 0.548. The minimum absolute atomic E-state index is 0.548. The van der Waals surface area contributed by atoms with E-state index in [2.05, 4.69) is 27.1 Å². The molecular weight excluding hydrogens is 214 g/mol. The predicted octanol–water partition coefficient (Wildman–Crippen LogP) is 0.646. The molecular formula is C12H21N5. The zero-order valence-corrected chi connectivity index (χ0v) is 10.4. The Morgan fingerprint density at radius 2 is 2.06 bits per heavy atom. The first-order chi connectivity index (χ1) is 8.28. The van der Waals surface area contributed by atoms with Gasteiger partial charge < -0.3 is 10.6 Å². The molecule has 2 aliphatic rings. The highest BCUT2D eigenvalue weighted by molar-refractivity contribution is 5.06. The number of aromatic amines is 1. The quantitative estimate of drug-likeness (QED) is 0.807. The van der Waals surface area contributed by atoms with Gasteiger partial charge in [-0.1, -0.05) is 0 Å². The molecule has 0 amide bonds. The zero-order valence-electron chi connectivity index (χ0n) is 10.4. The number of hydrogen-bond acceptors (Lipinski definition) is 4. The van der Waals surface area contributed by atoms with Gasteiger partial charge in [-0.15, -0.1) is 0 Å². The van der Waals surface area contributed by atoms with Crippen molar-refractivity contribution in [2.45, 2.75) is 50.1 Å². The molecule has 0 aromatic carbocycles. The maximum Gasteiger partial charge on any atom is 0.153 e. The molecule has 0 aliphatic carbocycles. The second-order valence-corrected chi connectivity index (χ2v) is 5.40. The van der Waals surface area contributed by atoms with Crippen LogP contribution in [0.4, 0.5) is 0 Å². The SMILES string of the molecule is CN1C2CCC1CC(c1n[nH]c(CCN)n1)C2. The van der Waals surface area contributed by atoms with Crippen molar-refractivity contribution in [1.29, 1.82) is 0 Å². The van der Waals surface area contributed by atoms with E-state index >= 15 is 0 Å². The molecule has 3 heterocycles. The molecule has 1 aromatic heterocycles. The summed E-state index contributed by atoms with van der Waals surface area (Å²) in [6, 6.07) is 1.49. The number of hydrogen-bond donors (Lipinski definition) is 2. The zero-order chi connectivity index (χ0) is 11.8. The Balaban J connectivity index is 1.72. The van der Waals surface area contributed by atoms with Crippen molar-refractivity contribution in [3.05, 3.63) is 11.6 Å². The number of H-pyrrole nitrogens is 1. The molecule has 0 radical (unpaired) electrons. The minimum Gasteiger partial charge on any atom is -0.330 e. The molecule has 2 bridgehead atoms. The topological polar surface area (TPSA) is 70.8 Å². The fraction of sp³-hybridized carbons (Fsp3) is 0.833. The number of aromatic nitrogens is 3. The third-order valence-electron chi connectivity index (χ3n) is 4.39. The van der Waals surface area contributed by atoms with E-state index in [0.717, 1.165) is 30.2 Å². The van der Waals surface area contributed by atoms with E-state index in [1.54, 1.807) is 0 Å². The van der Waals surface area contributed by atoms with Gasteiger partial charge in [-0.2, -0.15) is 5.10 Å². The van der Waals surface area contributed by atoms with Crippen LogP contribution in [0.1, 0.15) is 43.3 Å². The summed E-state index contributed by atoms with van der Waals surface area (Å²) in [4.78, 5) is 7.13. The van der Waals surface area contributed by atoms with Crippen LogP contribution in [0.15, 0.2) is 0 Å². The van der Waals surface area contributed by atoms with E-state index in [9.17, 15) is 0 Å². The molecule has 5 nitrogen and oxygen atoms in total. The van der Waals surface area contributed by atoms with Gasteiger partial charge in [0.1, 0.15) is 5.82 Å². The smallest absolute Gasteiger partial charge is 0.153 e. The predicted molar refractivity (Wildman–Crippen MR) is 65.7 cm³/mol. The maximum atomic E-state index is 5.53. The monoisotopic (exact) mass is 235 g/mol. The fourth-order valence-corrected chi connectivity index (χ4v) is 3.36. The standard InChI is InChI=1S/C12H21N5/c1-17-9-2-3-10(17)7-8(6-9)12-14-11(4-5-13)15-16-12/h8-10H,2-7,13H2,1H3,(H,14,15,16). The summed E-state index contributed by atoms with van der Waals surface area (Å²) < 4.78 is 0. The van der Waals surface area contributed by atoms with E-state index in [1.165, 1.54) is 25.7 Å². The van der Waals surface area contributed by atoms with Gasteiger partial charge in [0.05, 0.1) is 0 Å². The van der Waals surface area contributed by atoms with Gasteiger partial charge in [0, 0.05) is 24.4 Å². The van der Waals surface area contributed by atoms with Crippen molar-refractivity contribution in [2.24, 2.45) is 5.73 Å². The summed E-state index contributed by atoms with van der Waals surface area (Å²) in [7, 11) is 2.26. The number of rotatable bonds is 3. The second-order valence-electron chi connectivity index (χ2n) is 5.40. The van der Waals surface area contributed by atoms with Crippen LogP contribution in [0.3, 0.4) is 0 Å². The van der Waals surface area contributed by atoms with Gasteiger partial charge in [-0.3, -0.25) is 5.10 Å². The van der Waals surface area contributed by atoms with E-state index in [0.29, 0.717) is 12.5 Å². The molecule has 2 aliphatic heterocycles. The van der Waals surface area contributed by atoms with Gasteiger partial charge >= 0.3 is 0 Å². The molecule has 0 spiro atoms. The summed E-state index contributed by atoms with van der Waals surface area (Å²) in [5, 5.41) is 7.38. The third kappa shape index (κ3) is 1.98. The van der Waals surface area contributed by atoms with Crippen LogP contribution < -0.4 is 5.73 Å². The first-order valence-electron chi connectivity index (χ1n) is 6.61. The molecule has 2 unspecified atom stereocenters. The van der Waals surface area contributed by atoms with Crippen LogP contribution in [-0.4, -0.2) is 45.8 Å². The summed E-state index contributed by atoms with van der Waals surface area (Å²) in [5.41, 5.74) is 5.53. The van der Waals surface area contributed by atoms with Crippen LogP contribution >= 0.6 is 0 Å². The first kappa shape index (κ1) is 11.2. The highest BCUT2D eigenvalue weighted by Gasteiger charge is 2.40. The van der Waals surface area contributed by atoms with Crippen molar-refractivity contribution in [1.82, 2.24) is 20.1 Å². The lowest BCUT2D eigenvalue weighted by Crippen LogP contribution is -2.39. The highest BCUT2D eigenvalue weighted by Crippen LogP contribution is 2.40. The summed E-state index contributed by atoms with van der Waals surface area (Å²) in [6.07, 6.45) is 5.92. The molecule has 1 aromatic rings. The van der Waals surface area contributed by atoms with E-state index in [-0.39, 0.29) is 0 Å². The van der Waals surface area contributed by atoms with Crippen LogP contribution in [-0.2, 0) is 6.42 Å². The second kappa shape index (κ2) is 4.38. The van der Waals surface area contributed by atoms with E-state index < -0.39 is 0 Å². The van der Waals surface area contributed by atoms with Gasteiger partial charge in [-0.05, 0) is 39.3 Å². The van der Waals surface area contributed by atoms with Crippen LogP contribution in [0, 0.1) is 0 Å². The molecule has 0 saturated carbocycles. The first-order valence-corrected chi connectivity index (χ1v) is 6.61. The fourth-order valence-electron chi connectivity index (χ4n) is 3.36. The third-order valence-corrected chi connectivity index (χ3v) is 4.39. The lowest BCUT2D eigenvalue weighted by Gasteiger charge is -2.35. The average Bonchev–Trinajstić information content (AvgIpc) is 2.83. The van der Waals surface area contributed by atoms with Gasteiger partial charge in [-0.25, -0.2) is 4.98 Å². The van der Waals surface area contributed by atoms with Crippen molar-refractivity contribution in [3.8, 4) is 0 Å². The Morgan fingerprint density at radius 1 is 1.35 bits per heavy atom. The summed E-state index contributed by atoms with van der Waals surface area (Å²) in [6.45, 7) is 0.632. The van der Waals surface area contributed by atoms with Crippen molar-refractivity contribution >= 4 is 0 Å². The van der Waals surface area contributed by atoms with Crippen molar-refractivity contribution in [3.63, 3.8) is 0 Å². The van der Waals surface area contributed by atoms with Crippen LogP contribution in [0.5, 0.6) is 0 Å². The molecule has 3 N–H and O–H groups in total. The van der Waals surface area contributed by atoms with Gasteiger partial charge in [0.15, 0.2) is 5.82 Å². The Morgan fingerprint density at radius 3 is 2.71 bits per heavy atom. The Bertz CT molecular complexity index is 374. The van der Waals surface area contributed by atoms with E-state index in [4.69, 9.17) is 5.73 Å². The van der Waals surface area contributed by atoms with Gasteiger partial charge in [0.2, 0.25) is 0 Å². The Labute approximate surface area is 102 Å². The summed E-state index contributed by atoms with van der Waals surface area (Å²) in [5.74, 6) is 2.50. The molecule has 94 valence electrons. The number of piperidine rings is 1. The number of fused-ring (bicyclic) bond motifs is 2. The molecule has 3 rings (SSSR count).